The summed E-state index contributed by atoms with van der Waals surface area (Å²) in [6.07, 6.45) is 6.07. The van der Waals surface area contributed by atoms with E-state index in [0.29, 0.717) is 16.9 Å². The summed E-state index contributed by atoms with van der Waals surface area (Å²) in [5.41, 5.74) is 0.897. The van der Waals surface area contributed by atoms with Gasteiger partial charge in [0.1, 0.15) is 5.82 Å². The zero-order valence-electron chi connectivity index (χ0n) is 11.3. The van der Waals surface area contributed by atoms with Gasteiger partial charge in [-0.1, -0.05) is 20.8 Å². The van der Waals surface area contributed by atoms with Gasteiger partial charge in [0, 0.05) is 25.4 Å². The van der Waals surface area contributed by atoms with Crippen molar-refractivity contribution in [3.8, 4) is 0 Å². The first-order valence-corrected chi connectivity index (χ1v) is 6.70. The summed E-state index contributed by atoms with van der Waals surface area (Å²) in [5, 5.41) is 8.10. The molecule has 17 heavy (non-hydrogen) atoms. The molecule has 2 aliphatic carbocycles. The Morgan fingerprint density at radius 1 is 1.41 bits per heavy atom. The van der Waals surface area contributed by atoms with Gasteiger partial charge in [0.25, 0.3) is 0 Å². The smallest absolute Gasteiger partial charge is 0.148 e. The van der Waals surface area contributed by atoms with Crippen LogP contribution in [-0.4, -0.2) is 15.8 Å². The zero-order chi connectivity index (χ0) is 12.3. The van der Waals surface area contributed by atoms with Crippen molar-refractivity contribution in [1.82, 2.24) is 9.78 Å². The molecule has 2 fully saturated rings. The molecule has 3 nitrogen and oxygen atoms in total. The lowest BCUT2D eigenvalue weighted by Crippen LogP contribution is -2.40. The molecule has 0 aliphatic heterocycles. The van der Waals surface area contributed by atoms with Crippen molar-refractivity contribution in [3.63, 3.8) is 0 Å². The maximum atomic E-state index is 4.44. The van der Waals surface area contributed by atoms with Crippen LogP contribution < -0.4 is 5.32 Å². The fraction of sp³-hybridized carbons (Fsp3) is 0.786. The van der Waals surface area contributed by atoms with E-state index >= 15 is 0 Å². The van der Waals surface area contributed by atoms with E-state index in [1.165, 1.54) is 19.3 Å². The van der Waals surface area contributed by atoms with E-state index in [0.717, 1.165) is 11.7 Å². The number of nitrogens with one attached hydrogen (secondary N) is 1. The molecule has 2 aliphatic rings. The average molecular weight is 233 g/mol. The lowest BCUT2D eigenvalue weighted by atomic mass is 9.69. The summed E-state index contributed by atoms with van der Waals surface area (Å²) in [6.45, 7) is 7.36. The highest BCUT2D eigenvalue weighted by Crippen LogP contribution is 2.65. The van der Waals surface area contributed by atoms with Crippen LogP contribution in [0.15, 0.2) is 12.3 Å². The molecule has 3 atom stereocenters. The van der Waals surface area contributed by atoms with E-state index in [1.807, 2.05) is 17.9 Å². The Kier molecular flexibility index (Phi) is 2.14. The molecule has 1 aromatic heterocycles. The molecule has 1 N–H and O–H groups in total. The van der Waals surface area contributed by atoms with Crippen LogP contribution in [0.4, 0.5) is 5.82 Å². The Balaban J connectivity index is 1.83. The van der Waals surface area contributed by atoms with Crippen molar-refractivity contribution < 1.29 is 0 Å². The second-order valence-corrected chi connectivity index (χ2v) is 6.68. The molecule has 3 heteroatoms. The average Bonchev–Trinajstić information content (AvgIpc) is 2.80. The molecule has 1 aromatic rings. The lowest BCUT2D eigenvalue weighted by Gasteiger charge is -2.39. The number of hydrogen-bond acceptors (Lipinski definition) is 2. The molecule has 3 unspecified atom stereocenters. The van der Waals surface area contributed by atoms with Crippen LogP contribution in [0.2, 0.25) is 0 Å². The normalized spacial score (nSPS) is 38.6. The number of rotatable bonds is 2. The van der Waals surface area contributed by atoms with Crippen LogP contribution >= 0.6 is 0 Å². The van der Waals surface area contributed by atoms with Crippen LogP contribution in [0.25, 0.3) is 0 Å². The van der Waals surface area contributed by atoms with Gasteiger partial charge in [-0.05, 0) is 36.0 Å². The first kappa shape index (κ1) is 11.1. The Bertz CT molecular complexity index is 434. The first-order chi connectivity index (χ1) is 7.93. The van der Waals surface area contributed by atoms with E-state index in [9.17, 15) is 0 Å². The number of hydrogen-bond donors (Lipinski definition) is 1. The van der Waals surface area contributed by atoms with E-state index < -0.39 is 0 Å². The van der Waals surface area contributed by atoms with Gasteiger partial charge >= 0.3 is 0 Å². The van der Waals surface area contributed by atoms with Crippen molar-refractivity contribution >= 4 is 5.82 Å². The topological polar surface area (TPSA) is 29.9 Å². The molecule has 0 amide bonds. The highest BCUT2D eigenvalue weighted by atomic mass is 15.3. The standard InChI is InChI=1S/C14H23N3/c1-13(2)10-5-7-14(13,3)11(9-10)15-12-6-8-17(4)16-12/h6,8,10-11H,5,7,9H2,1-4H3,(H,15,16). The molecule has 0 aromatic carbocycles. The highest BCUT2D eigenvalue weighted by molar-refractivity contribution is 5.36. The Morgan fingerprint density at radius 2 is 2.18 bits per heavy atom. The third kappa shape index (κ3) is 1.37. The maximum Gasteiger partial charge on any atom is 0.148 e. The molecule has 2 saturated carbocycles. The van der Waals surface area contributed by atoms with Gasteiger partial charge in [-0.15, -0.1) is 0 Å². The molecular weight excluding hydrogens is 210 g/mol. The summed E-state index contributed by atoms with van der Waals surface area (Å²) in [6, 6.07) is 2.66. The van der Waals surface area contributed by atoms with Gasteiger partial charge in [0.05, 0.1) is 0 Å². The van der Waals surface area contributed by atoms with E-state index in [4.69, 9.17) is 0 Å². The van der Waals surface area contributed by atoms with Gasteiger partial charge < -0.3 is 5.32 Å². The molecule has 3 rings (SSSR count). The Hall–Kier alpha value is -0.990. The number of fused-ring (bicyclic) bond motifs is 2. The van der Waals surface area contributed by atoms with Gasteiger partial charge in [0.2, 0.25) is 0 Å². The fourth-order valence-corrected chi connectivity index (χ4v) is 4.09. The zero-order valence-corrected chi connectivity index (χ0v) is 11.3. The molecule has 0 radical (unpaired) electrons. The Labute approximate surface area is 104 Å². The number of nitrogens with zero attached hydrogens (tertiary/aromatic N) is 2. The highest BCUT2D eigenvalue weighted by Gasteiger charge is 2.61. The van der Waals surface area contributed by atoms with Crippen LogP contribution in [0.3, 0.4) is 0 Å². The van der Waals surface area contributed by atoms with E-state index in [-0.39, 0.29) is 0 Å². The van der Waals surface area contributed by atoms with Gasteiger partial charge in [-0.25, -0.2) is 0 Å². The predicted octanol–water partition coefficient (Wildman–Crippen LogP) is 3.05. The van der Waals surface area contributed by atoms with E-state index in [1.54, 1.807) is 0 Å². The third-order valence-electron chi connectivity index (χ3n) is 5.83. The monoisotopic (exact) mass is 233 g/mol. The Morgan fingerprint density at radius 3 is 2.65 bits per heavy atom. The summed E-state index contributed by atoms with van der Waals surface area (Å²) >= 11 is 0. The van der Waals surface area contributed by atoms with Crippen molar-refractivity contribution in [2.24, 2.45) is 23.8 Å². The van der Waals surface area contributed by atoms with Crippen LogP contribution in [0.5, 0.6) is 0 Å². The van der Waals surface area contributed by atoms with Crippen molar-refractivity contribution in [1.29, 1.82) is 0 Å². The largest absolute Gasteiger partial charge is 0.365 e. The van der Waals surface area contributed by atoms with Crippen molar-refractivity contribution in [2.75, 3.05) is 5.32 Å². The van der Waals surface area contributed by atoms with Gasteiger partial charge in [-0.2, -0.15) is 5.10 Å². The maximum absolute atomic E-state index is 4.44. The quantitative estimate of drug-likeness (QED) is 0.851. The summed E-state index contributed by atoms with van der Waals surface area (Å²) in [5.74, 6) is 1.91. The second kappa shape index (κ2) is 3.27. The minimum absolute atomic E-state index is 0.426. The minimum Gasteiger partial charge on any atom is -0.365 e. The number of aryl methyl sites for hydroxylation is 1. The van der Waals surface area contributed by atoms with Crippen molar-refractivity contribution in [3.05, 3.63) is 12.3 Å². The first-order valence-electron chi connectivity index (χ1n) is 6.70. The van der Waals surface area contributed by atoms with Crippen molar-refractivity contribution in [2.45, 2.75) is 46.1 Å². The van der Waals surface area contributed by atoms with Crippen LogP contribution in [0.1, 0.15) is 40.0 Å². The van der Waals surface area contributed by atoms with E-state index in [2.05, 4.69) is 37.3 Å². The third-order valence-corrected chi connectivity index (χ3v) is 5.83. The van der Waals surface area contributed by atoms with Gasteiger partial charge in [0.15, 0.2) is 0 Å². The summed E-state index contributed by atoms with van der Waals surface area (Å²) < 4.78 is 1.86. The number of aromatic nitrogens is 2. The molecule has 1 heterocycles. The second-order valence-electron chi connectivity index (χ2n) is 6.68. The minimum atomic E-state index is 0.426. The molecular formula is C14H23N3. The van der Waals surface area contributed by atoms with Crippen LogP contribution in [-0.2, 0) is 7.05 Å². The number of anilines is 1. The molecule has 94 valence electrons. The van der Waals surface area contributed by atoms with Gasteiger partial charge in [-0.3, -0.25) is 4.68 Å². The van der Waals surface area contributed by atoms with Crippen LogP contribution in [0, 0.1) is 16.7 Å². The summed E-state index contributed by atoms with van der Waals surface area (Å²) in [7, 11) is 1.97. The SMILES string of the molecule is Cn1ccc(NC2CC3CCC2(C)C3(C)C)n1. The summed E-state index contributed by atoms with van der Waals surface area (Å²) in [4.78, 5) is 0. The molecule has 0 saturated heterocycles. The molecule has 0 spiro atoms. The lowest BCUT2D eigenvalue weighted by molar-refractivity contribution is 0.142. The fourth-order valence-electron chi connectivity index (χ4n) is 4.09. The predicted molar refractivity (Wildman–Crippen MR) is 69.8 cm³/mol. The molecule has 2 bridgehead atoms.